The summed E-state index contributed by atoms with van der Waals surface area (Å²) in [6.45, 7) is 4.51. The van der Waals surface area contributed by atoms with Crippen LogP contribution in [-0.4, -0.2) is 4.98 Å². The second-order valence-electron chi connectivity index (χ2n) is 7.13. The fraction of sp³-hybridized carbons (Fsp3) is 0.522. The molecule has 3 heteroatoms. The summed E-state index contributed by atoms with van der Waals surface area (Å²) in [6, 6.07) is 10.3. The molecular weight excluding hydrogens is 318 g/mol. The van der Waals surface area contributed by atoms with Crippen molar-refractivity contribution in [3.05, 3.63) is 47.7 Å². The normalized spacial score (nSPS) is 10.8. The number of rotatable bonds is 12. The van der Waals surface area contributed by atoms with Crippen LogP contribution in [0.25, 0.3) is 0 Å². The number of nitrogens with zero attached hydrogens (tertiary/aromatic N) is 1. The predicted octanol–water partition coefficient (Wildman–Crippen LogP) is 6.65. The van der Waals surface area contributed by atoms with Gasteiger partial charge in [-0.05, 0) is 48.9 Å². The quantitative estimate of drug-likeness (QED) is 0.420. The van der Waals surface area contributed by atoms with E-state index in [4.69, 9.17) is 5.73 Å². The number of unbranched alkanes of at least 4 members (excludes halogenated alkanes) is 6. The number of nitrogens with two attached hydrogens (primary N) is 1. The van der Waals surface area contributed by atoms with E-state index in [0.29, 0.717) is 5.82 Å². The molecule has 0 atom stereocenters. The number of aromatic nitrogens is 1. The molecule has 3 nitrogen and oxygen atoms in total. The SMILES string of the molecule is CCCCCCc1c(Nc2ccccc2)cnc(N)c1CCCCCC. The van der Waals surface area contributed by atoms with E-state index < -0.39 is 0 Å². The molecule has 142 valence electrons. The van der Waals surface area contributed by atoms with E-state index in [1.807, 2.05) is 12.3 Å². The highest BCUT2D eigenvalue weighted by molar-refractivity contribution is 5.66. The zero-order chi connectivity index (χ0) is 18.6. The van der Waals surface area contributed by atoms with Gasteiger partial charge in [0.1, 0.15) is 5.82 Å². The van der Waals surface area contributed by atoms with E-state index in [1.54, 1.807) is 0 Å². The Morgan fingerprint density at radius 1 is 0.808 bits per heavy atom. The van der Waals surface area contributed by atoms with Crippen molar-refractivity contribution in [2.45, 2.75) is 78.1 Å². The summed E-state index contributed by atoms with van der Waals surface area (Å²) in [6.07, 6.45) is 14.1. The van der Waals surface area contributed by atoms with Gasteiger partial charge in [0.2, 0.25) is 0 Å². The van der Waals surface area contributed by atoms with Crippen molar-refractivity contribution in [2.24, 2.45) is 0 Å². The van der Waals surface area contributed by atoms with E-state index in [9.17, 15) is 0 Å². The third-order valence-corrected chi connectivity index (χ3v) is 4.94. The smallest absolute Gasteiger partial charge is 0.126 e. The van der Waals surface area contributed by atoms with Crippen molar-refractivity contribution in [1.82, 2.24) is 4.98 Å². The molecule has 0 unspecified atom stereocenters. The number of para-hydroxylation sites is 1. The number of hydrogen-bond acceptors (Lipinski definition) is 3. The van der Waals surface area contributed by atoms with Crippen molar-refractivity contribution in [1.29, 1.82) is 0 Å². The van der Waals surface area contributed by atoms with E-state index in [0.717, 1.165) is 24.2 Å². The lowest BCUT2D eigenvalue weighted by Gasteiger charge is -2.18. The number of benzene rings is 1. The molecule has 3 N–H and O–H groups in total. The van der Waals surface area contributed by atoms with Crippen LogP contribution in [0.2, 0.25) is 0 Å². The summed E-state index contributed by atoms with van der Waals surface area (Å²) in [5, 5.41) is 3.56. The number of anilines is 3. The first-order chi connectivity index (χ1) is 12.8. The maximum Gasteiger partial charge on any atom is 0.126 e. The van der Waals surface area contributed by atoms with E-state index in [1.165, 1.54) is 62.5 Å². The molecule has 0 saturated carbocycles. The van der Waals surface area contributed by atoms with Crippen LogP contribution >= 0.6 is 0 Å². The molecule has 0 bridgehead atoms. The summed E-state index contributed by atoms with van der Waals surface area (Å²) in [7, 11) is 0. The molecular formula is C23H35N3. The summed E-state index contributed by atoms with van der Waals surface area (Å²) in [4.78, 5) is 4.49. The van der Waals surface area contributed by atoms with Crippen LogP contribution < -0.4 is 11.1 Å². The summed E-state index contributed by atoms with van der Waals surface area (Å²) in [5.74, 6) is 0.714. The molecule has 1 heterocycles. The van der Waals surface area contributed by atoms with Crippen LogP contribution in [-0.2, 0) is 12.8 Å². The zero-order valence-corrected chi connectivity index (χ0v) is 16.6. The van der Waals surface area contributed by atoms with E-state index in [-0.39, 0.29) is 0 Å². The summed E-state index contributed by atoms with van der Waals surface area (Å²) in [5.41, 5.74) is 11.1. The first kappa shape index (κ1) is 20.3. The van der Waals surface area contributed by atoms with Crippen molar-refractivity contribution >= 4 is 17.2 Å². The van der Waals surface area contributed by atoms with Gasteiger partial charge in [0.15, 0.2) is 0 Å². The Kier molecular flexibility index (Phi) is 9.02. The van der Waals surface area contributed by atoms with Crippen LogP contribution in [0.1, 0.15) is 76.3 Å². The lowest BCUT2D eigenvalue weighted by atomic mass is 9.96. The minimum Gasteiger partial charge on any atom is -0.383 e. The second kappa shape index (κ2) is 11.6. The number of nitrogen functional groups attached to an aromatic ring is 1. The zero-order valence-electron chi connectivity index (χ0n) is 16.6. The molecule has 0 spiro atoms. The van der Waals surface area contributed by atoms with Gasteiger partial charge in [-0.1, -0.05) is 70.6 Å². The van der Waals surface area contributed by atoms with E-state index >= 15 is 0 Å². The molecule has 0 aliphatic rings. The number of hydrogen-bond donors (Lipinski definition) is 2. The second-order valence-corrected chi connectivity index (χ2v) is 7.13. The largest absolute Gasteiger partial charge is 0.383 e. The minimum atomic E-state index is 0.714. The maximum atomic E-state index is 6.29. The Balaban J connectivity index is 2.20. The van der Waals surface area contributed by atoms with Crippen LogP contribution in [0, 0.1) is 0 Å². The van der Waals surface area contributed by atoms with Gasteiger partial charge in [0.25, 0.3) is 0 Å². The van der Waals surface area contributed by atoms with Crippen molar-refractivity contribution in [3.8, 4) is 0 Å². The van der Waals surface area contributed by atoms with Gasteiger partial charge in [-0.25, -0.2) is 4.98 Å². The predicted molar refractivity (Wildman–Crippen MR) is 114 cm³/mol. The lowest BCUT2D eigenvalue weighted by molar-refractivity contribution is 0.651. The van der Waals surface area contributed by atoms with Crippen LogP contribution in [0.3, 0.4) is 0 Å². The topological polar surface area (TPSA) is 50.9 Å². The summed E-state index contributed by atoms with van der Waals surface area (Å²) >= 11 is 0. The number of pyridine rings is 1. The highest BCUT2D eigenvalue weighted by Gasteiger charge is 2.13. The fourth-order valence-corrected chi connectivity index (χ4v) is 3.41. The Morgan fingerprint density at radius 2 is 1.42 bits per heavy atom. The Hall–Kier alpha value is -2.03. The van der Waals surface area contributed by atoms with Crippen LogP contribution in [0.4, 0.5) is 17.2 Å². The molecule has 1 aromatic heterocycles. The van der Waals surface area contributed by atoms with Crippen LogP contribution in [0.5, 0.6) is 0 Å². The Labute approximate surface area is 159 Å². The molecule has 0 saturated heterocycles. The number of nitrogens with one attached hydrogen (secondary N) is 1. The van der Waals surface area contributed by atoms with Crippen molar-refractivity contribution in [3.63, 3.8) is 0 Å². The molecule has 26 heavy (non-hydrogen) atoms. The monoisotopic (exact) mass is 353 g/mol. The fourth-order valence-electron chi connectivity index (χ4n) is 3.41. The van der Waals surface area contributed by atoms with Gasteiger partial charge in [0.05, 0.1) is 11.9 Å². The highest BCUT2D eigenvalue weighted by atomic mass is 14.9. The van der Waals surface area contributed by atoms with Gasteiger partial charge in [-0.2, -0.15) is 0 Å². The van der Waals surface area contributed by atoms with Crippen LogP contribution in [0.15, 0.2) is 36.5 Å². The van der Waals surface area contributed by atoms with Gasteiger partial charge < -0.3 is 11.1 Å². The van der Waals surface area contributed by atoms with Gasteiger partial charge in [0, 0.05) is 5.69 Å². The van der Waals surface area contributed by atoms with Crippen molar-refractivity contribution < 1.29 is 0 Å². The van der Waals surface area contributed by atoms with Crippen molar-refractivity contribution in [2.75, 3.05) is 11.1 Å². The first-order valence-electron chi connectivity index (χ1n) is 10.3. The molecule has 0 radical (unpaired) electrons. The minimum absolute atomic E-state index is 0.714. The lowest BCUT2D eigenvalue weighted by Crippen LogP contribution is -2.07. The van der Waals surface area contributed by atoms with E-state index in [2.05, 4.69) is 48.4 Å². The molecule has 0 fully saturated rings. The third-order valence-electron chi connectivity index (χ3n) is 4.94. The average molecular weight is 354 g/mol. The average Bonchev–Trinajstić information content (AvgIpc) is 2.66. The molecule has 2 aromatic rings. The molecule has 1 aromatic carbocycles. The Bertz CT molecular complexity index is 637. The third kappa shape index (κ3) is 6.36. The van der Waals surface area contributed by atoms with Gasteiger partial charge in [-0.15, -0.1) is 0 Å². The molecule has 0 aliphatic carbocycles. The Morgan fingerprint density at radius 3 is 2.04 bits per heavy atom. The van der Waals surface area contributed by atoms with Gasteiger partial charge in [-0.3, -0.25) is 0 Å². The molecule has 0 aliphatic heterocycles. The standard InChI is InChI=1S/C23H35N3/c1-3-5-7-12-16-20-21(17-13-8-6-4-2)23(24)25-18-22(20)26-19-14-10-9-11-15-19/h9-11,14-15,18,26H,3-8,12-13,16-17H2,1-2H3,(H2,24,25). The highest BCUT2D eigenvalue weighted by Crippen LogP contribution is 2.29. The maximum absolute atomic E-state index is 6.29. The summed E-state index contributed by atoms with van der Waals surface area (Å²) < 4.78 is 0. The first-order valence-corrected chi connectivity index (χ1v) is 10.3. The van der Waals surface area contributed by atoms with Gasteiger partial charge >= 0.3 is 0 Å². The molecule has 0 amide bonds. The molecule has 2 rings (SSSR count).